The van der Waals surface area contributed by atoms with Crippen LogP contribution in [-0.4, -0.2) is 51.9 Å². The molecule has 0 spiro atoms. The van der Waals surface area contributed by atoms with Crippen molar-refractivity contribution in [1.29, 1.82) is 0 Å². The Morgan fingerprint density at radius 1 is 1.45 bits per heavy atom. The maximum Gasteiger partial charge on any atom is 0.274 e. The van der Waals surface area contributed by atoms with Crippen molar-refractivity contribution in [3.63, 3.8) is 0 Å². The third kappa shape index (κ3) is 4.71. The number of amides is 2. The second kappa shape index (κ2) is 8.75. The van der Waals surface area contributed by atoms with Gasteiger partial charge in [-0.1, -0.05) is 0 Å². The molecule has 124 valence electrons. The van der Waals surface area contributed by atoms with Crippen LogP contribution in [0, 0.1) is 0 Å². The lowest BCUT2D eigenvalue weighted by Gasteiger charge is -2.35. The van der Waals surface area contributed by atoms with Crippen molar-refractivity contribution in [2.45, 2.75) is 31.7 Å². The molecule has 1 aromatic heterocycles. The van der Waals surface area contributed by atoms with Gasteiger partial charge in [0, 0.05) is 45.3 Å². The lowest BCUT2D eigenvalue weighted by Crippen LogP contribution is -2.49. The number of nitrogens with two attached hydrogens (primary N) is 1. The minimum atomic E-state index is -0.0618. The van der Waals surface area contributed by atoms with Gasteiger partial charge in [0.1, 0.15) is 5.69 Å². The summed E-state index contributed by atoms with van der Waals surface area (Å²) in [4.78, 5) is 30.0. The molecule has 1 fully saturated rings. The van der Waals surface area contributed by atoms with E-state index in [1.165, 1.54) is 0 Å². The summed E-state index contributed by atoms with van der Waals surface area (Å²) in [6.45, 7) is 1.54. The smallest absolute Gasteiger partial charge is 0.274 e. The molecule has 22 heavy (non-hydrogen) atoms. The van der Waals surface area contributed by atoms with Gasteiger partial charge < -0.3 is 20.5 Å². The highest BCUT2D eigenvalue weighted by Gasteiger charge is 2.28. The summed E-state index contributed by atoms with van der Waals surface area (Å²) in [5.41, 5.74) is 5.81. The van der Waals surface area contributed by atoms with Crippen LogP contribution in [0.2, 0.25) is 0 Å². The zero-order chi connectivity index (χ0) is 15.2. The minimum absolute atomic E-state index is 0. The molecule has 2 heterocycles. The van der Waals surface area contributed by atoms with E-state index in [4.69, 9.17) is 5.73 Å². The van der Waals surface area contributed by atoms with E-state index in [1.54, 1.807) is 17.1 Å². The number of nitrogens with one attached hydrogen (secondary N) is 1. The van der Waals surface area contributed by atoms with Gasteiger partial charge in [0.15, 0.2) is 0 Å². The summed E-state index contributed by atoms with van der Waals surface area (Å²) in [7, 11) is 1.84. The first-order chi connectivity index (χ1) is 10.1. The lowest BCUT2D eigenvalue weighted by molar-refractivity contribution is -0.121. The van der Waals surface area contributed by atoms with Crippen molar-refractivity contribution < 1.29 is 9.59 Å². The molecule has 7 nitrogen and oxygen atoms in total. The Morgan fingerprint density at radius 3 is 2.86 bits per heavy atom. The first-order valence-electron chi connectivity index (χ1n) is 7.37. The summed E-state index contributed by atoms with van der Waals surface area (Å²) in [6, 6.07) is 0.0370. The molecule has 1 aromatic rings. The van der Waals surface area contributed by atoms with Crippen molar-refractivity contribution in [1.82, 2.24) is 19.8 Å². The van der Waals surface area contributed by atoms with E-state index in [0.717, 1.165) is 19.3 Å². The quantitative estimate of drug-likeness (QED) is 0.812. The molecule has 1 atom stereocenters. The fraction of sp³-hybridized carbons (Fsp3) is 0.643. The molecular formula is C14H24ClN5O2. The van der Waals surface area contributed by atoms with E-state index >= 15 is 0 Å². The van der Waals surface area contributed by atoms with Crippen LogP contribution in [0.15, 0.2) is 12.5 Å². The number of hydrogen-bond donors (Lipinski definition) is 2. The topological polar surface area (TPSA) is 93.2 Å². The highest BCUT2D eigenvalue weighted by atomic mass is 35.5. The number of carbonyl (C=O) groups excluding carboxylic acids is 2. The molecule has 1 aliphatic heterocycles. The second-order valence-corrected chi connectivity index (χ2v) is 5.42. The van der Waals surface area contributed by atoms with Gasteiger partial charge in [-0.2, -0.15) is 0 Å². The number of halogens is 1. The number of rotatable bonds is 5. The van der Waals surface area contributed by atoms with Crippen LogP contribution in [0.5, 0.6) is 0 Å². The summed E-state index contributed by atoms with van der Waals surface area (Å²) in [5.74, 6) is -0.123. The number of hydrogen-bond acceptors (Lipinski definition) is 4. The molecule has 8 heteroatoms. The largest absolute Gasteiger partial charge is 0.354 e. The van der Waals surface area contributed by atoms with E-state index in [-0.39, 0.29) is 30.3 Å². The van der Waals surface area contributed by atoms with Gasteiger partial charge in [0.05, 0.1) is 6.33 Å². The predicted molar refractivity (Wildman–Crippen MR) is 85.8 cm³/mol. The van der Waals surface area contributed by atoms with Crippen LogP contribution in [0.25, 0.3) is 0 Å². The number of likely N-dealkylation sites (tertiary alicyclic amines) is 1. The van der Waals surface area contributed by atoms with Crippen LogP contribution in [0.4, 0.5) is 0 Å². The Morgan fingerprint density at radius 2 is 2.23 bits per heavy atom. The van der Waals surface area contributed by atoms with E-state index in [0.29, 0.717) is 31.7 Å². The van der Waals surface area contributed by atoms with Crippen LogP contribution in [0.3, 0.4) is 0 Å². The Hall–Kier alpha value is -1.60. The van der Waals surface area contributed by atoms with E-state index in [2.05, 4.69) is 10.3 Å². The first kappa shape index (κ1) is 18.4. The molecule has 0 bridgehead atoms. The summed E-state index contributed by atoms with van der Waals surface area (Å²) in [5, 5.41) is 2.86. The predicted octanol–water partition coefficient (Wildman–Crippen LogP) is 0.302. The second-order valence-electron chi connectivity index (χ2n) is 5.42. The first-order valence-corrected chi connectivity index (χ1v) is 7.37. The number of aryl methyl sites for hydroxylation is 1. The van der Waals surface area contributed by atoms with E-state index < -0.39 is 0 Å². The summed E-state index contributed by atoms with van der Waals surface area (Å²) in [6.07, 6.45) is 6.63. The normalized spacial score (nSPS) is 17.7. The molecule has 1 unspecified atom stereocenters. The SMILES string of the molecule is Cl.Cn1cnc(C(=O)N2CCCCC2CNC(=O)CCN)c1. The third-order valence-electron chi connectivity index (χ3n) is 3.72. The zero-order valence-electron chi connectivity index (χ0n) is 12.8. The monoisotopic (exact) mass is 329 g/mol. The van der Waals surface area contributed by atoms with Gasteiger partial charge in [-0.05, 0) is 19.3 Å². The van der Waals surface area contributed by atoms with Crippen LogP contribution in [-0.2, 0) is 11.8 Å². The number of nitrogens with zero attached hydrogens (tertiary/aromatic N) is 3. The Bertz CT molecular complexity index is 505. The molecule has 1 saturated heterocycles. The maximum atomic E-state index is 12.5. The fourth-order valence-corrected chi connectivity index (χ4v) is 2.60. The average molecular weight is 330 g/mol. The number of aromatic nitrogens is 2. The van der Waals surface area contributed by atoms with Gasteiger partial charge in [-0.15, -0.1) is 12.4 Å². The van der Waals surface area contributed by atoms with Gasteiger partial charge in [-0.25, -0.2) is 4.98 Å². The third-order valence-corrected chi connectivity index (χ3v) is 3.72. The van der Waals surface area contributed by atoms with Crippen molar-refractivity contribution in [2.24, 2.45) is 12.8 Å². The molecular weight excluding hydrogens is 306 g/mol. The van der Waals surface area contributed by atoms with Crippen LogP contribution in [0.1, 0.15) is 36.2 Å². The Balaban J connectivity index is 0.00000242. The fourth-order valence-electron chi connectivity index (χ4n) is 2.60. The Kier molecular flexibility index (Phi) is 7.34. The molecule has 3 N–H and O–H groups in total. The van der Waals surface area contributed by atoms with Crippen LogP contribution < -0.4 is 11.1 Å². The minimum Gasteiger partial charge on any atom is -0.354 e. The van der Waals surface area contributed by atoms with Crippen LogP contribution >= 0.6 is 12.4 Å². The number of carbonyl (C=O) groups is 2. The summed E-state index contributed by atoms with van der Waals surface area (Å²) < 4.78 is 1.76. The molecule has 1 aliphatic rings. The highest BCUT2D eigenvalue weighted by Crippen LogP contribution is 2.18. The molecule has 0 saturated carbocycles. The van der Waals surface area contributed by atoms with Gasteiger partial charge in [-0.3, -0.25) is 9.59 Å². The molecule has 2 amide bonds. The van der Waals surface area contributed by atoms with Gasteiger partial charge in [0.25, 0.3) is 5.91 Å². The Labute approximate surface area is 136 Å². The van der Waals surface area contributed by atoms with Crippen molar-refractivity contribution in [2.75, 3.05) is 19.6 Å². The standard InChI is InChI=1S/C14H23N5O2.ClH/c1-18-9-12(17-10-18)14(21)19-7-3-2-4-11(19)8-16-13(20)5-6-15;/h9-11H,2-8,15H2,1H3,(H,16,20);1H. The van der Waals surface area contributed by atoms with E-state index in [1.807, 2.05) is 11.9 Å². The summed E-state index contributed by atoms with van der Waals surface area (Å²) >= 11 is 0. The lowest BCUT2D eigenvalue weighted by atomic mass is 10.0. The van der Waals surface area contributed by atoms with Crippen molar-refractivity contribution in [3.05, 3.63) is 18.2 Å². The van der Waals surface area contributed by atoms with E-state index in [9.17, 15) is 9.59 Å². The average Bonchev–Trinajstić information content (AvgIpc) is 2.91. The zero-order valence-corrected chi connectivity index (χ0v) is 13.6. The molecule has 2 rings (SSSR count). The van der Waals surface area contributed by atoms with Gasteiger partial charge in [0.2, 0.25) is 5.91 Å². The molecule has 0 aromatic carbocycles. The number of piperidine rings is 1. The molecule has 0 aliphatic carbocycles. The van der Waals surface area contributed by atoms with Gasteiger partial charge >= 0.3 is 0 Å². The maximum absolute atomic E-state index is 12.5. The van der Waals surface area contributed by atoms with Crippen molar-refractivity contribution >= 4 is 24.2 Å². The molecule has 0 radical (unpaired) electrons. The van der Waals surface area contributed by atoms with Crippen molar-refractivity contribution in [3.8, 4) is 0 Å². The highest BCUT2D eigenvalue weighted by molar-refractivity contribution is 5.92. The number of imidazole rings is 1.